The number of ether oxygens (including phenoxy) is 1. The van der Waals surface area contributed by atoms with Crippen LogP contribution in [0.5, 0.6) is 5.88 Å². The number of fused-ring (bicyclic) bond motifs is 1. The lowest BCUT2D eigenvalue weighted by atomic mass is 9.94. The van der Waals surface area contributed by atoms with E-state index in [1.807, 2.05) is 6.20 Å². The Hall–Kier alpha value is -2.11. The van der Waals surface area contributed by atoms with Crippen LogP contribution in [-0.2, 0) is 6.42 Å². The van der Waals surface area contributed by atoms with E-state index in [0.29, 0.717) is 11.8 Å². The minimum absolute atomic E-state index is 0.198. The highest BCUT2D eigenvalue weighted by atomic mass is 16.5. The molecule has 3 rings (SSSR count). The summed E-state index contributed by atoms with van der Waals surface area (Å²) in [6.07, 6.45) is 6.87. The van der Waals surface area contributed by atoms with Crippen LogP contribution in [0.3, 0.4) is 0 Å². The molecule has 0 amide bonds. The molecule has 0 saturated heterocycles. The third-order valence-electron chi connectivity index (χ3n) is 3.18. The Labute approximate surface area is 105 Å². The van der Waals surface area contributed by atoms with E-state index in [1.165, 1.54) is 5.56 Å². The van der Waals surface area contributed by atoms with E-state index in [4.69, 9.17) is 4.74 Å². The Morgan fingerprint density at radius 3 is 3.33 bits per heavy atom. The van der Waals surface area contributed by atoms with Gasteiger partial charge < -0.3 is 10.1 Å². The van der Waals surface area contributed by atoms with Crippen molar-refractivity contribution in [3.8, 4) is 5.88 Å². The number of nitrogens with one attached hydrogen (secondary N) is 2. The second-order valence-corrected chi connectivity index (χ2v) is 4.32. The van der Waals surface area contributed by atoms with E-state index >= 15 is 0 Å². The van der Waals surface area contributed by atoms with Crippen LogP contribution in [0.4, 0.5) is 5.95 Å². The molecule has 1 aliphatic rings. The molecule has 1 atom stereocenters. The van der Waals surface area contributed by atoms with E-state index in [2.05, 4.69) is 25.5 Å². The summed E-state index contributed by atoms with van der Waals surface area (Å²) in [6, 6.07) is 1.93. The molecule has 18 heavy (non-hydrogen) atoms. The number of rotatable bonds is 3. The smallest absolute Gasteiger partial charge is 0.226 e. The summed E-state index contributed by atoms with van der Waals surface area (Å²) in [5.74, 6) is 1.15. The van der Waals surface area contributed by atoms with Gasteiger partial charge in [-0.3, -0.25) is 5.10 Å². The SMILES string of the molecule is COc1ccnc(N[C@@H]2CCCc3cn[nH]c32)n1. The number of nitrogens with zero attached hydrogens (tertiary/aromatic N) is 3. The van der Waals surface area contributed by atoms with Crippen molar-refractivity contribution >= 4 is 5.95 Å². The van der Waals surface area contributed by atoms with Gasteiger partial charge in [0.05, 0.1) is 25.0 Å². The van der Waals surface area contributed by atoms with Crippen molar-refractivity contribution in [1.29, 1.82) is 0 Å². The Morgan fingerprint density at radius 2 is 2.44 bits per heavy atom. The summed E-state index contributed by atoms with van der Waals surface area (Å²) in [6.45, 7) is 0. The van der Waals surface area contributed by atoms with Gasteiger partial charge in [-0.1, -0.05) is 0 Å². The van der Waals surface area contributed by atoms with Crippen LogP contribution in [0.2, 0.25) is 0 Å². The first-order valence-electron chi connectivity index (χ1n) is 6.02. The number of hydrogen-bond donors (Lipinski definition) is 2. The zero-order chi connectivity index (χ0) is 12.4. The van der Waals surface area contributed by atoms with Gasteiger partial charge in [0.2, 0.25) is 11.8 Å². The van der Waals surface area contributed by atoms with Gasteiger partial charge >= 0.3 is 0 Å². The third kappa shape index (κ3) is 2.01. The highest BCUT2D eigenvalue weighted by Gasteiger charge is 2.22. The van der Waals surface area contributed by atoms with Gasteiger partial charge in [0.1, 0.15) is 0 Å². The van der Waals surface area contributed by atoms with Crippen molar-refractivity contribution in [1.82, 2.24) is 20.2 Å². The van der Waals surface area contributed by atoms with Gasteiger partial charge in [-0.2, -0.15) is 10.1 Å². The lowest BCUT2D eigenvalue weighted by Gasteiger charge is -2.22. The summed E-state index contributed by atoms with van der Waals surface area (Å²) in [5.41, 5.74) is 2.43. The maximum atomic E-state index is 5.09. The second-order valence-electron chi connectivity index (χ2n) is 4.32. The van der Waals surface area contributed by atoms with Crippen LogP contribution in [0.25, 0.3) is 0 Å². The minimum atomic E-state index is 0.198. The zero-order valence-corrected chi connectivity index (χ0v) is 10.2. The maximum Gasteiger partial charge on any atom is 0.226 e. The quantitative estimate of drug-likeness (QED) is 0.860. The second kappa shape index (κ2) is 4.64. The van der Waals surface area contributed by atoms with Crippen LogP contribution < -0.4 is 10.1 Å². The lowest BCUT2D eigenvalue weighted by Crippen LogP contribution is -2.18. The van der Waals surface area contributed by atoms with Crippen LogP contribution in [0.15, 0.2) is 18.5 Å². The van der Waals surface area contributed by atoms with E-state index in [-0.39, 0.29) is 6.04 Å². The first-order valence-corrected chi connectivity index (χ1v) is 6.02. The molecule has 2 aromatic rings. The molecule has 6 heteroatoms. The van der Waals surface area contributed by atoms with Crippen molar-refractivity contribution in [2.75, 3.05) is 12.4 Å². The Balaban J connectivity index is 1.81. The predicted molar refractivity (Wildman–Crippen MR) is 66.5 cm³/mol. The molecule has 2 aromatic heterocycles. The lowest BCUT2D eigenvalue weighted by molar-refractivity contribution is 0.397. The van der Waals surface area contributed by atoms with Gasteiger partial charge in [0.15, 0.2) is 0 Å². The van der Waals surface area contributed by atoms with Gasteiger partial charge in [-0.25, -0.2) is 4.98 Å². The van der Waals surface area contributed by atoms with E-state index < -0.39 is 0 Å². The molecule has 0 spiro atoms. The Kier molecular flexibility index (Phi) is 2.84. The molecule has 6 nitrogen and oxygen atoms in total. The molecule has 0 aromatic carbocycles. The number of hydrogen-bond acceptors (Lipinski definition) is 5. The van der Waals surface area contributed by atoms with Crippen LogP contribution in [0, 0.1) is 0 Å². The van der Waals surface area contributed by atoms with Gasteiger partial charge in [-0.05, 0) is 24.8 Å². The van der Waals surface area contributed by atoms with E-state index in [9.17, 15) is 0 Å². The molecule has 0 bridgehead atoms. The molecule has 2 N–H and O–H groups in total. The highest BCUT2D eigenvalue weighted by Crippen LogP contribution is 2.29. The number of aryl methyl sites for hydroxylation is 1. The average Bonchev–Trinajstić information content (AvgIpc) is 2.88. The summed E-state index contributed by atoms with van der Waals surface area (Å²) in [5, 5.41) is 10.5. The molecule has 0 radical (unpaired) electrons. The van der Waals surface area contributed by atoms with Crippen LogP contribution in [-0.4, -0.2) is 27.3 Å². The highest BCUT2D eigenvalue weighted by molar-refractivity contribution is 5.34. The molecule has 0 saturated carbocycles. The van der Waals surface area contributed by atoms with Crippen molar-refractivity contribution in [3.63, 3.8) is 0 Å². The molecule has 94 valence electrons. The normalized spacial score (nSPS) is 18.2. The van der Waals surface area contributed by atoms with E-state index in [0.717, 1.165) is 25.0 Å². The number of aromatic amines is 1. The monoisotopic (exact) mass is 245 g/mol. The number of methoxy groups -OCH3 is 1. The topological polar surface area (TPSA) is 75.7 Å². The number of aromatic nitrogens is 4. The van der Waals surface area contributed by atoms with Crippen molar-refractivity contribution in [3.05, 3.63) is 29.7 Å². The van der Waals surface area contributed by atoms with Crippen LogP contribution in [0.1, 0.15) is 30.1 Å². The fourth-order valence-corrected chi connectivity index (χ4v) is 2.29. The molecule has 0 fully saturated rings. The van der Waals surface area contributed by atoms with Gasteiger partial charge in [0.25, 0.3) is 0 Å². The van der Waals surface area contributed by atoms with E-state index in [1.54, 1.807) is 19.4 Å². The maximum absolute atomic E-state index is 5.09. The van der Waals surface area contributed by atoms with Gasteiger partial charge in [0, 0.05) is 12.3 Å². The Bertz CT molecular complexity index is 539. The molecule has 0 unspecified atom stereocenters. The number of anilines is 1. The first-order chi connectivity index (χ1) is 8.86. The summed E-state index contributed by atoms with van der Waals surface area (Å²) >= 11 is 0. The molecular weight excluding hydrogens is 230 g/mol. The summed E-state index contributed by atoms with van der Waals surface area (Å²) < 4.78 is 5.09. The molecule has 1 aliphatic carbocycles. The van der Waals surface area contributed by atoms with Crippen LogP contribution >= 0.6 is 0 Å². The fourth-order valence-electron chi connectivity index (χ4n) is 2.29. The predicted octanol–water partition coefficient (Wildman–Crippen LogP) is 1.70. The van der Waals surface area contributed by atoms with Crippen molar-refractivity contribution < 1.29 is 4.74 Å². The van der Waals surface area contributed by atoms with Crippen molar-refractivity contribution in [2.45, 2.75) is 25.3 Å². The third-order valence-corrected chi connectivity index (χ3v) is 3.18. The van der Waals surface area contributed by atoms with Gasteiger partial charge in [-0.15, -0.1) is 0 Å². The Morgan fingerprint density at radius 1 is 1.50 bits per heavy atom. The average molecular weight is 245 g/mol. The standard InChI is InChI=1S/C12H15N5O/c1-18-10-5-6-13-12(16-10)15-9-4-2-3-8-7-14-17-11(8)9/h5-7,9H,2-4H2,1H3,(H,14,17)(H,13,15,16)/t9-/m1/s1. The molecular formula is C12H15N5O. The summed E-state index contributed by atoms with van der Waals surface area (Å²) in [7, 11) is 1.60. The summed E-state index contributed by atoms with van der Waals surface area (Å²) in [4.78, 5) is 8.47. The molecule has 0 aliphatic heterocycles. The fraction of sp³-hybridized carbons (Fsp3) is 0.417. The first kappa shape index (κ1) is 11.0. The number of H-pyrrole nitrogens is 1. The zero-order valence-electron chi connectivity index (χ0n) is 10.2. The molecule has 2 heterocycles. The minimum Gasteiger partial charge on any atom is -0.481 e. The largest absolute Gasteiger partial charge is 0.481 e. The van der Waals surface area contributed by atoms with Crippen molar-refractivity contribution in [2.24, 2.45) is 0 Å².